The Bertz CT molecular complexity index is 662. The van der Waals surface area contributed by atoms with Gasteiger partial charge in [0.25, 0.3) is 5.69 Å². The molecular weight excluding hydrogens is 283 g/mol. The van der Waals surface area contributed by atoms with Crippen LogP contribution < -0.4 is 0 Å². The summed E-state index contributed by atoms with van der Waals surface area (Å²) in [6, 6.07) is 5.17. The fourth-order valence-electron chi connectivity index (χ4n) is 5.35. The number of benzene rings is 1. The molecule has 0 spiro atoms. The summed E-state index contributed by atoms with van der Waals surface area (Å²) in [5.41, 5.74) is 1.09. The Morgan fingerprint density at radius 2 is 1.82 bits per heavy atom. The molecule has 0 aromatic heterocycles. The van der Waals surface area contributed by atoms with Crippen LogP contribution in [-0.4, -0.2) is 35.1 Å². The molecule has 2 fully saturated rings. The van der Waals surface area contributed by atoms with Crippen molar-refractivity contribution in [2.45, 2.75) is 55.1 Å². The summed E-state index contributed by atoms with van der Waals surface area (Å²) < 4.78 is 15.4. The molecule has 0 N–H and O–H groups in total. The second-order valence-corrected chi connectivity index (χ2v) is 7.73. The third-order valence-electron chi connectivity index (χ3n) is 6.23. The normalized spacial score (nSPS) is 38.9. The Morgan fingerprint density at radius 1 is 1.18 bits per heavy atom. The predicted molar refractivity (Wildman–Crippen MR) is 81.9 cm³/mol. The average Bonchev–Trinajstić information content (AvgIpc) is 2.58. The van der Waals surface area contributed by atoms with Gasteiger partial charge in [-0.15, -0.1) is 0 Å². The zero-order valence-electron chi connectivity index (χ0n) is 13.0. The van der Waals surface area contributed by atoms with Gasteiger partial charge >= 0.3 is 0 Å². The molecule has 4 aliphatic rings. The zero-order chi connectivity index (χ0) is 15.7. The fraction of sp³-hybridized carbons (Fsp3) is 0.647. The van der Waals surface area contributed by atoms with Crippen molar-refractivity contribution in [1.29, 1.82) is 0 Å². The number of hydrogen-bond acceptors (Lipinski definition) is 3. The van der Waals surface area contributed by atoms with E-state index in [9.17, 15) is 10.1 Å². The van der Waals surface area contributed by atoms with Gasteiger partial charge in [0, 0.05) is 17.7 Å². The van der Waals surface area contributed by atoms with Crippen LogP contribution in [0.15, 0.2) is 18.2 Å². The van der Waals surface area contributed by atoms with Crippen LogP contribution in [0.4, 0.5) is 10.1 Å². The first kappa shape index (κ1) is 14.1. The molecule has 5 heteroatoms. The van der Waals surface area contributed by atoms with E-state index in [1.807, 2.05) is 20.2 Å². The fourth-order valence-corrected chi connectivity index (χ4v) is 5.35. The van der Waals surface area contributed by atoms with Crippen molar-refractivity contribution in [2.24, 2.45) is 0 Å². The van der Waals surface area contributed by atoms with Crippen molar-refractivity contribution in [3.8, 4) is 0 Å². The molecule has 0 radical (unpaired) electrons. The van der Waals surface area contributed by atoms with E-state index in [1.165, 1.54) is 0 Å². The van der Waals surface area contributed by atoms with Gasteiger partial charge < -0.3 is 4.90 Å². The first-order valence-corrected chi connectivity index (χ1v) is 7.97. The molecule has 0 aliphatic heterocycles. The van der Waals surface area contributed by atoms with Crippen LogP contribution in [0.2, 0.25) is 0 Å². The summed E-state index contributed by atoms with van der Waals surface area (Å²) >= 11 is 0. The van der Waals surface area contributed by atoms with Gasteiger partial charge in [-0.1, -0.05) is 6.07 Å². The minimum atomic E-state index is -1.12. The highest BCUT2D eigenvalue weighted by Gasteiger charge is 2.58. The van der Waals surface area contributed by atoms with E-state index in [4.69, 9.17) is 0 Å². The van der Waals surface area contributed by atoms with E-state index in [0.717, 1.165) is 24.0 Å². The monoisotopic (exact) mass is 304 g/mol. The highest BCUT2D eigenvalue weighted by molar-refractivity contribution is 5.47. The van der Waals surface area contributed by atoms with Crippen LogP contribution >= 0.6 is 0 Å². The summed E-state index contributed by atoms with van der Waals surface area (Å²) in [4.78, 5) is 12.9. The molecule has 2 saturated carbocycles. The number of nitro groups is 1. The van der Waals surface area contributed by atoms with E-state index >= 15 is 4.39 Å². The molecule has 118 valence electrons. The molecule has 4 aliphatic carbocycles. The van der Waals surface area contributed by atoms with Crippen molar-refractivity contribution in [2.75, 3.05) is 14.1 Å². The molecule has 22 heavy (non-hydrogen) atoms. The minimum absolute atomic E-state index is 0.101. The molecule has 5 rings (SSSR count). The zero-order valence-corrected chi connectivity index (χ0v) is 13.0. The summed E-state index contributed by atoms with van der Waals surface area (Å²) in [6.07, 6.45) is 3.58. The van der Waals surface area contributed by atoms with Crippen molar-refractivity contribution >= 4 is 5.69 Å². The van der Waals surface area contributed by atoms with E-state index in [2.05, 4.69) is 4.90 Å². The Labute approximate surface area is 129 Å². The van der Waals surface area contributed by atoms with Crippen LogP contribution in [0.3, 0.4) is 0 Å². The van der Waals surface area contributed by atoms with Crippen molar-refractivity contribution in [3.05, 3.63) is 39.4 Å². The van der Waals surface area contributed by atoms with Gasteiger partial charge in [-0.2, -0.15) is 0 Å². The largest absolute Gasteiger partial charge is 0.304 e. The summed E-state index contributed by atoms with van der Waals surface area (Å²) in [7, 11) is 4.09. The molecule has 4 bridgehead atoms. The van der Waals surface area contributed by atoms with E-state index in [1.54, 1.807) is 12.1 Å². The maximum Gasteiger partial charge on any atom is 0.269 e. The minimum Gasteiger partial charge on any atom is -0.304 e. The summed E-state index contributed by atoms with van der Waals surface area (Å²) in [5, 5.41) is 11.1. The van der Waals surface area contributed by atoms with Crippen LogP contribution in [-0.2, 0) is 0 Å². The Kier molecular flexibility index (Phi) is 2.75. The lowest BCUT2D eigenvalue weighted by Crippen LogP contribution is -2.57. The quantitative estimate of drug-likeness (QED) is 0.617. The molecule has 4 nitrogen and oxygen atoms in total. The van der Waals surface area contributed by atoms with Gasteiger partial charge in [0.2, 0.25) is 0 Å². The van der Waals surface area contributed by atoms with E-state index in [-0.39, 0.29) is 28.0 Å². The van der Waals surface area contributed by atoms with E-state index in [0.29, 0.717) is 19.3 Å². The van der Waals surface area contributed by atoms with Gasteiger partial charge in [-0.05, 0) is 69.2 Å². The van der Waals surface area contributed by atoms with Crippen LogP contribution in [0, 0.1) is 10.1 Å². The molecule has 0 heterocycles. The number of rotatable bonds is 2. The number of halogens is 1. The van der Waals surface area contributed by atoms with Crippen LogP contribution in [0.25, 0.3) is 0 Å². The second kappa shape index (κ2) is 4.28. The average molecular weight is 304 g/mol. The summed E-state index contributed by atoms with van der Waals surface area (Å²) in [6.45, 7) is 0. The number of nitrogens with zero attached hydrogens (tertiary/aromatic N) is 2. The Balaban J connectivity index is 1.87. The van der Waals surface area contributed by atoms with Crippen LogP contribution in [0.5, 0.6) is 0 Å². The molecule has 0 amide bonds. The highest BCUT2D eigenvalue weighted by atomic mass is 19.1. The Morgan fingerprint density at radius 3 is 2.41 bits per heavy atom. The van der Waals surface area contributed by atoms with Crippen LogP contribution in [0.1, 0.15) is 55.1 Å². The summed E-state index contributed by atoms with van der Waals surface area (Å²) in [5.74, 6) is 0.285. The highest BCUT2D eigenvalue weighted by Crippen LogP contribution is 2.62. The van der Waals surface area contributed by atoms with Gasteiger partial charge in [-0.25, -0.2) is 4.39 Å². The topological polar surface area (TPSA) is 46.4 Å². The lowest BCUT2D eigenvalue weighted by Gasteiger charge is -2.54. The van der Waals surface area contributed by atoms with Crippen molar-refractivity contribution in [1.82, 2.24) is 4.90 Å². The number of alkyl halides is 1. The number of hydrogen-bond donors (Lipinski definition) is 0. The maximum absolute atomic E-state index is 15.4. The van der Waals surface area contributed by atoms with E-state index < -0.39 is 5.67 Å². The number of nitro benzene ring substituents is 1. The van der Waals surface area contributed by atoms with Gasteiger partial charge in [0.15, 0.2) is 0 Å². The SMILES string of the molecule is CN(C)C12CC3CC(F)(CC(C1)c1cc([N+](=O)[O-])ccc13)C2. The molecule has 4 unspecified atom stereocenters. The number of non-ortho nitro benzene ring substituents is 1. The van der Waals surface area contributed by atoms with Crippen molar-refractivity contribution in [3.63, 3.8) is 0 Å². The van der Waals surface area contributed by atoms with Crippen molar-refractivity contribution < 1.29 is 9.31 Å². The molecule has 4 atom stereocenters. The standard InChI is InChI=1S/C17H21FN2O2/c1-19(2)17-8-11-6-16(18,10-17)7-12(9-17)15-5-13(20(21)22)3-4-14(11)15/h3-5,11-12H,6-10H2,1-2H3. The molecular formula is C17H21FN2O2. The first-order chi connectivity index (χ1) is 10.3. The lowest BCUT2D eigenvalue weighted by molar-refractivity contribution is -0.385. The van der Waals surface area contributed by atoms with Gasteiger partial charge in [0.05, 0.1) is 4.92 Å². The first-order valence-electron chi connectivity index (χ1n) is 7.97. The van der Waals surface area contributed by atoms with Gasteiger partial charge in [0.1, 0.15) is 5.67 Å². The maximum atomic E-state index is 15.4. The molecule has 1 aromatic carbocycles. The smallest absolute Gasteiger partial charge is 0.269 e. The lowest BCUT2D eigenvalue weighted by atomic mass is 9.60. The third kappa shape index (κ3) is 1.84. The molecule has 1 aromatic rings. The third-order valence-corrected chi connectivity index (χ3v) is 6.23. The second-order valence-electron chi connectivity index (χ2n) is 7.73. The molecule has 0 saturated heterocycles. The Hall–Kier alpha value is -1.49. The predicted octanol–water partition coefficient (Wildman–Crippen LogP) is 3.76. The van der Waals surface area contributed by atoms with Gasteiger partial charge in [-0.3, -0.25) is 10.1 Å².